The van der Waals surface area contributed by atoms with Gasteiger partial charge in [-0.2, -0.15) is 16.9 Å². The predicted octanol–water partition coefficient (Wildman–Crippen LogP) is 2.09. The topological polar surface area (TPSA) is 42.7 Å². The average molecular weight is 254 g/mol. The first-order chi connectivity index (χ1) is 8.27. The monoisotopic (exact) mass is 254 g/mol. The maximum atomic E-state index is 4.31. The van der Waals surface area contributed by atoms with Crippen molar-refractivity contribution in [2.45, 2.75) is 39.3 Å². The minimum Gasteiger partial charge on any atom is -0.310 e. The molecule has 0 aliphatic carbocycles. The normalized spacial score (nSPS) is 17.8. The number of nitrogens with one attached hydrogen (secondary N) is 1. The van der Waals surface area contributed by atoms with Crippen molar-refractivity contribution >= 4 is 11.8 Å². The Balaban J connectivity index is 1.75. The summed E-state index contributed by atoms with van der Waals surface area (Å²) in [6.07, 6.45) is 4.36. The summed E-state index contributed by atoms with van der Waals surface area (Å²) in [5.74, 6) is 4.56. The zero-order valence-electron chi connectivity index (χ0n) is 10.7. The van der Waals surface area contributed by atoms with Crippen molar-refractivity contribution in [2.75, 3.05) is 18.1 Å². The van der Waals surface area contributed by atoms with E-state index in [-0.39, 0.29) is 0 Å². The zero-order chi connectivity index (χ0) is 12.1. The second kappa shape index (κ2) is 6.40. The summed E-state index contributed by atoms with van der Waals surface area (Å²) < 4.78 is 1.99. The Hall–Kier alpha value is -0.550. The van der Waals surface area contributed by atoms with Gasteiger partial charge in [0, 0.05) is 6.04 Å². The lowest BCUT2D eigenvalue weighted by Gasteiger charge is -2.21. The van der Waals surface area contributed by atoms with Crippen molar-refractivity contribution in [1.29, 1.82) is 0 Å². The first-order valence-corrected chi connectivity index (χ1v) is 7.59. The number of hydrogen-bond acceptors (Lipinski definition) is 4. The molecule has 1 aliphatic heterocycles. The van der Waals surface area contributed by atoms with Crippen LogP contribution in [-0.4, -0.2) is 32.8 Å². The van der Waals surface area contributed by atoms with E-state index in [1.54, 1.807) is 6.33 Å². The van der Waals surface area contributed by atoms with E-state index in [1.807, 2.05) is 4.68 Å². The molecule has 0 radical (unpaired) electrons. The van der Waals surface area contributed by atoms with Gasteiger partial charge in [0.05, 0.1) is 6.54 Å². The van der Waals surface area contributed by atoms with Crippen LogP contribution in [0, 0.1) is 5.92 Å². The third kappa shape index (κ3) is 3.71. The molecule has 4 nitrogen and oxygen atoms in total. The fourth-order valence-corrected chi connectivity index (χ4v) is 3.37. The summed E-state index contributed by atoms with van der Waals surface area (Å²) in [7, 11) is 0. The highest BCUT2D eigenvalue weighted by molar-refractivity contribution is 7.99. The number of hydrogen-bond donors (Lipinski definition) is 1. The van der Waals surface area contributed by atoms with Crippen LogP contribution < -0.4 is 5.32 Å². The minimum atomic E-state index is 0.389. The molecule has 1 fully saturated rings. The molecule has 0 spiro atoms. The zero-order valence-corrected chi connectivity index (χ0v) is 11.5. The smallest absolute Gasteiger partial charge is 0.141 e. The molecular weight excluding hydrogens is 232 g/mol. The summed E-state index contributed by atoms with van der Waals surface area (Å²) in [5, 5.41) is 7.76. The maximum Gasteiger partial charge on any atom is 0.141 e. The van der Waals surface area contributed by atoms with Crippen molar-refractivity contribution in [3.05, 3.63) is 12.2 Å². The van der Waals surface area contributed by atoms with Crippen molar-refractivity contribution in [3.8, 4) is 0 Å². The molecule has 0 bridgehead atoms. The van der Waals surface area contributed by atoms with E-state index < -0.39 is 0 Å². The molecule has 5 heteroatoms. The Bertz CT molecular complexity index is 331. The van der Waals surface area contributed by atoms with Crippen LogP contribution >= 0.6 is 11.8 Å². The van der Waals surface area contributed by atoms with Crippen LogP contribution in [0.5, 0.6) is 0 Å². The lowest BCUT2D eigenvalue weighted by atomic mass is 10.0. The Kier molecular flexibility index (Phi) is 4.86. The summed E-state index contributed by atoms with van der Waals surface area (Å²) >= 11 is 2.08. The summed E-state index contributed by atoms with van der Waals surface area (Å²) in [6.45, 7) is 6.22. The molecule has 0 aromatic carbocycles. The first kappa shape index (κ1) is 12.9. The van der Waals surface area contributed by atoms with E-state index in [2.05, 4.69) is 41.0 Å². The van der Waals surface area contributed by atoms with Crippen molar-refractivity contribution in [3.63, 3.8) is 0 Å². The van der Waals surface area contributed by atoms with Gasteiger partial charge < -0.3 is 5.32 Å². The summed E-state index contributed by atoms with van der Waals surface area (Å²) in [4.78, 5) is 4.31. The quantitative estimate of drug-likeness (QED) is 0.874. The summed E-state index contributed by atoms with van der Waals surface area (Å²) in [6, 6.07) is 0.389. The second-order valence-corrected chi connectivity index (χ2v) is 6.13. The lowest BCUT2D eigenvalue weighted by Crippen LogP contribution is -2.27. The van der Waals surface area contributed by atoms with Gasteiger partial charge >= 0.3 is 0 Å². The highest BCUT2D eigenvalue weighted by Crippen LogP contribution is 2.21. The van der Waals surface area contributed by atoms with Crippen LogP contribution in [0.25, 0.3) is 0 Å². The molecule has 17 heavy (non-hydrogen) atoms. The third-order valence-electron chi connectivity index (χ3n) is 3.19. The van der Waals surface area contributed by atoms with E-state index in [0.717, 1.165) is 24.8 Å². The molecule has 1 aliphatic rings. The standard InChI is InChI=1S/C12H22N4S/c1-10(2)16-12(14-9-15-16)8-13-7-11-3-5-17-6-4-11/h9-11,13H,3-8H2,1-2H3. The van der Waals surface area contributed by atoms with Crippen LogP contribution in [0.3, 0.4) is 0 Å². The van der Waals surface area contributed by atoms with Gasteiger partial charge in [0.25, 0.3) is 0 Å². The van der Waals surface area contributed by atoms with E-state index in [1.165, 1.54) is 24.3 Å². The predicted molar refractivity (Wildman–Crippen MR) is 72.2 cm³/mol. The Morgan fingerprint density at radius 1 is 1.47 bits per heavy atom. The molecule has 96 valence electrons. The SMILES string of the molecule is CC(C)n1ncnc1CNCC1CCSCC1. The largest absolute Gasteiger partial charge is 0.310 e. The Morgan fingerprint density at radius 3 is 2.94 bits per heavy atom. The van der Waals surface area contributed by atoms with Crippen LogP contribution in [0.4, 0.5) is 0 Å². The highest BCUT2D eigenvalue weighted by Gasteiger charge is 2.13. The fraction of sp³-hybridized carbons (Fsp3) is 0.833. The van der Waals surface area contributed by atoms with E-state index >= 15 is 0 Å². The van der Waals surface area contributed by atoms with Crippen LogP contribution in [0.15, 0.2) is 6.33 Å². The van der Waals surface area contributed by atoms with Gasteiger partial charge in [0.15, 0.2) is 0 Å². The molecule has 2 rings (SSSR count). The number of thioether (sulfide) groups is 1. The lowest BCUT2D eigenvalue weighted by molar-refractivity contribution is 0.430. The Morgan fingerprint density at radius 2 is 2.24 bits per heavy atom. The van der Waals surface area contributed by atoms with Gasteiger partial charge in [-0.1, -0.05) is 0 Å². The minimum absolute atomic E-state index is 0.389. The van der Waals surface area contributed by atoms with Gasteiger partial charge in [-0.05, 0) is 50.7 Å². The maximum absolute atomic E-state index is 4.31. The molecule has 0 atom stereocenters. The molecule has 1 N–H and O–H groups in total. The van der Waals surface area contributed by atoms with Gasteiger partial charge in [0.1, 0.15) is 12.2 Å². The van der Waals surface area contributed by atoms with Crippen molar-refractivity contribution in [1.82, 2.24) is 20.1 Å². The van der Waals surface area contributed by atoms with Crippen molar-refractivity contribution < 1.29 is 0 Å². The molecule has 2 heterocycles. The number of nitrogens with zero attached hydrogens (tertiary/aromatic N) is 3. The van der Waals surface area contributed by atoms with Gasteiger partial charge in [-0.15, -0.1) is 0 Å². The number of aromatic nitrogens is 3. The highest BCUT2D eigenvalue weighted by atomic mass is 32.2. The fourth-order valence-electron chi connectivity index (χ4n) is 2.17. The van der Waals surface area contributed by atoms with Crippen molar-refractivity contribution in [2.24, 2.45) is 5.92 Å². The molecule has 1 saturated heterocycles. The van der Waals surface area contributed by atoms with E-state index in [0.29, 0.717) is 6.04 Å². The molecule has 0 unspecified atom stereocenters. The van der Waals surface area contributed by atoms with Gasteiger partial charge in [0.2, 0.25) is 0 Å². The first-order valence-electron chi connectivity index (χ1n) is 6.44. The van der Waals surface area contributed by atoms with E-state index in [4.69, 9.17) is 0 Å². The Labute approximate surface area is 108 Å². The van der Waals surface area contributed by atoms with Gasteiger partial charge in [-0.3, -0.25) is 0 Å². The molecule has 0 saturated carbocycles. The van der Waals surface area contributed by atoms with E-state index in [9.17, 15) is 0 Å². The van der Waals surface area contributed by atoms with Crippen LogP contribution in [-0.2, 0) is 6.54 Å². The van der Waals surface area contributed by atoms with Gasteiger partial charge in [-0.25, -0.2) is 9.67 Å². The van der Waals surface area contributed by atoms with Crippen LogP contribution in [0.1, 0.15) is 38.6 Å². The van der Waals surface area contributed by atoms with Crippen LogP contribution in [0.2, 0.25) is 0 Å². The third-order valence-corrected chi connectivity index (χ3v) is 4.24. The average Bonchev–Trinajstić information content (AvgIpc) is 2.79. The molecular formula is C12H22N4S. The second-order valence-electron chi connectivity index (χ2n) is 4.90. The summed E-state index contributed by atoms with van der Waals surface area (Å²) in [5.41, 5.74) is 0. The molecule has 1 aromatic rings. The molecule has 0 amide bonds. The number of rotatable bonds is 5. The molecule has 1 aromatic heterocycles.